The number of halogens is 1. The van der Waals surface area contributed by atoms with Crippen molar-refractivity contribution in [3.8, 4) is 0 Å². The van der Waals surface area contributed by atoms with Crippen LogP contribution in [0.15, 0.2) is 0 Å². The molecule has 3 atom stereocenters. The second-order valence-electron chi connectivity index (χ2n) is 9.19. The molecule has 0 amide bonds. The van der Waals surface area contributed by atoms with Gasteiger partial charge in [-0.3, -0.25) is 9.80 Å². The van der Waals surface area contributed by atoms with Gasteiger partial charge in [0.05, 0.1) is 0 Å². The first-order valence-corrected chi connectivity index (χ1v) is 8.72. The maximum atomic E-state index is 14.6. The third kappa shape index (κ3) is 4.19. The number of hydrogen-bond donors (Lipinski definition) is 0. The fourth-order valence-electron chi connectivity index (χ4n) is 4.10. The molecular weight excluding hydrogens is 263 g/mol. The van der Waals surface area contributed by atoms with Crippen LogP contribution in [0, 0.1) is 11.3 Å². The Hall–Kier alpha value is -0.150. The van der Waals surface area contributed by atoms with Crippen molar-refractivity contribution >= 4 is 0 Å². The van der Waals surface area contributed by atoms with Crippen LogP contribution in [0.5, 0.6) is 0 Å². The molecule has 0 aliphatic carbocycles. The van der Waals surface area contributed by atoms with Gasteiger partial charge in [0.25, 0.3) is 0 Å². The molecule has 2 saturated heterocycles. The molecule has 3 heteroatoms. The van der Waals surface area contributed by atoms with Gasteiger partial charge in [-0.15, -0.1) is 0 Å². The lowest BCUT2D eigenvalue weighted by molar-refractivity contribution is -0.0202. The number of likely N-dealkylation sites (tertiary alicyclic amines) is 2. The number of rotatable bonds is 1. The molecule has 124 valence electrons. The van der Waals surface area contributed by atoms with Crippen molar-refractivity contribution in [1.29, 1.82) is 0 Å². The highest BCUT2D eigenvalue weighted by atomic mass is 19.1. The van der Waals surface area contributed by atoms with E-state index in [4.69, 9.17) is 0 Å². The van der Waals surface area contributed by atoms with Gasteiger partial charge < -0.3 is 0 Å². The van der Waals surface area contributed by atoms with Crippen LogP contribution in [0.3, 0.4) is 0 Å². The van der Waals surface area contributed by atoms with E-state index in [-0.39, 0.29) is 16.9 Å². The van der Waals surface area contributed by atoms with Gasteiger partial charge in [0.1, 0.15) is 6.17 Å². The second-order valence-corrected chi connectivity index (χ2v) is 9.19. The summed E-state index contributed by atoms with van der Waals surface area (Å²) in [5.41, 5.74) is 0.326. The molecular formula is C18H35FN2. The van der Waals surface area contributed by atoms with Gasteiger partial charge >= 0.3 is 0 Å². The number of hydrogen-bond acceptors (Lipinski definition) is 2. The largest absolute Gasteiger partial charge is 0.297 e. The average Bonchev–Trinajstić information content (AvgIpc) is 2.36. The molecule has 2 aliphatic rings. The van der Waals surface area contributed by atoms with E-state index < -0.39 is 6.17 Å². The molecule has 1 unspecified atom stereocenters. The van der Waals surface area contributed by atoms with Gasteiger partial charge in [0, 0.05) is 24.7 Å². The third-order valence-corrected chi connectivity index (χ3v) is 5.55. The summed E-state index contributed by atoms with van der Waals surface area (Å²) in [5.74, 6) is 0.219. The van der Waals surface area contributed by atoms with Crippen LogP contribution in [0.2, 0.25) is 0 Å². The highest BCUT2D eigenvalue weighted by Crippen LogP contribution is 2.37. The highest BCUT2D eigenvalue weighted by Gasteiger charge is 2.40. The van der Waals surface area contributed by atoms with Crippen LogP contribution in [-0.2, 0) is 0 Å². The molecule has 0 aromatic carbocycles. The van der Waals surface area contributed by atoms with Crippen LogP contribution in [0.4, 0.5) is 4.39 Å². The van der Waals surface area contributed by atoms with Crippen molar-refractivity contribution in [2.24, 2.45) is 11.3 Å². The van der Waals surface area contributed by atoms with E-state index in [2.05, 4.69) is 51.3 Å². The zero-order chi connectivity index (χ0) is 15.8. The van der Waals surface area contributed by atoms with Crippen LogP contribution < -0.4 is 0 Å². The first kappa shape index (κ1) is 17.2. The van der Waals surface area contributed by atoms with Crippen molar-refractivity contribution in [3.63, 3.8) is 0 Å². The lowest BCUT2D eigenvalue weighted by atomic mass is 9.74. The van der Waals surface area contributed by atoms with E-state index in [1.54, 1.807) is 0 Å². The molecule has 2 nitrogen and oxygen atoms in total. The molecule has 0 spiro atoms. The van der Waals surface area contributed by atoms with Crippen molar-refractivity contribution in [1.82, 2.24) is 9.80 Å². The zero-order valence-corrected chi connectivity index (χ0v) is 15.0. The maximum Gasteiger partial charge on any atom is 0.116 e. The quantitative estimate of drug-likeness (QED) is 0.723. The van der Waals surface area contributed by atoms with E-state index in [9.17, 15) is 4.39 Å². The van der Waals surface area contributed by atoms with Crippen molar-refractivity contribution < 1.29 is 4.39 Å². The molecule has 0 radical (unpaired) electrons. The van der Waals surface area contributed by atoms with Gasteiger partial charge in [-0.05, 0) is 64.5 Å². The van der Waals surface area contributed by atoms with E-state index in [1.807, 2.05) is 0 Å². The molecule has 0 aromatic rings. The Morgan fingerprint density at radius 2 is 1.57 bits per heavy atom. The molecule has 2 fully saturated rings. The average molecular weight is 298 g/mol. The minimum absolute atomic E-state index is 0.0928. The smallest absolute Gasteiger partial charge is 0.116 e. The molecule has 2 aliphatic heterocycles. The molecule has 21 heavy (non-hydrogen) atoms. The summed E-state index contributed by atoms with van der Waals surface area (Å²) in [7, 11) is 0. The van der Waals surface area contributed by atoms with Gasteiger partial charge in [-0.2, -0.15) is 0 Å². The highest BCUT2D eigenvalue weighted by molar-refractivity contribution is 4.93. The topological polar surface area (TPSA) is 6.48 Å². The van der Waals surface area contributed by atoms with Crippen LogP contribution in [0.1, 0.15) is 60.8 Å². The van der Waals surface area contributed by atoms with Gasteiger partial charge in [0.2, 0.25) is 0 Å². The summed E-state index contributed by atoms with van der Waals surface area (Å²) in [6, 6.07) is 0.553. The zero-order valence-electron chi connectivity index (χ0n) is 15.0. The first-order valence-electron chi connectivity index (χ1n) is 8.72. The fraction of sp³-hybridized carbons (Fsp3) is 1.00. The van der Waals surface area contributed by atoms with Crippen molar-refractivity contribution in [2.75, 3.05) is 26.2 Å². The van der Waals surface area contributed by atoms with Gasteiger partial charge in [0.15, 0.2) is 0 Å². The first-order chi connectivity index (χ1) is 9.59. The maximum absolute atomic E-state index is 14.6. The normalized spacial score (nSPS) is 34.1. The number of alkyl halides is 1. The predicted molar refractivity (Wildman–Crippen MR) is 88.4 cm³/mol. The molecule has 2 rings (SSSR count). The molecule has 0 bridgehead atoms. The Morgan fingerprint density at radius 1 is 0.905 bits per heavy atom. The van der Waals surface area contributed by atoms with Crippen LogP contribution in [-0.4, -0.2) is 53.7 Å². The fourth-order valence-corrected chi connectivity index (χ4v) is 4.10. The SMILES string of the molecule is CC(C)(C)[C@@H]1CCN(C2CCCN(C(C)(C)C)C2)C[C@@H]1F. The Morgan fingerprint density at radius 3 is 2.10 bits per heavy atom. The number of nitrogens with zero attached hydrogens (tertiary/aromatic N) is 2. The van der Waals surface area contributed by atoms with Crippen molar-refractivity contribution in [3.05, 3.63) is 0 Å². The lowest BCUT2D eigenvalue weighted by Gasteiger charge is -2.48. The third-order valence-electron chi connectivity index (χ3n) is 5.55. The van der Waals surface area contributed by atoms with Crippen LogP contribution in [0.25, 0.3) is 0 Å². The summed E-state index contributed by atoms with van der Waals surface area (Å²) in [6.45, 7) is 17.4. The number of piperidine rings is 2. The second kappa shape index (κ2) is 6.16. The van der Waals surface area contributed by atoms with E-state index in [0.29, 0.717) is 12.6 Å². The molecule has 0 aromatic heterocycles. The monoisotopic (exact) mass is 298 g/mol. The summed E-state index contributed by atoms with van der Waals surface area (Å²) in [4.78, 5) is 5.01. The molecule has 2 heterocycles. The lowest BCUT2D eigenvalue weighted by Crippen LogP contribution is -2.57. The van der Waals surface area contributed by atoms with E-state index in [1.165, 1.54) is 19.4 Å². The van der Waals surface area contributed by atoms with Gasteiger partial charge in [-0.25, -0.2) is 4.39 Å². The van der Waals surface area contributed by atoms with Crippen molar-refractivity contribution in [2.45, 2.75) is 78.6 Å². The van der Waals surface area contributed by atoms with Gasteiger partial charge in [-0.1, -0.05) is 20.8 Å². The minimum Gasteiger partial charge on any atom is -0.297 e. The Balaban J connectivity index is 1.95. The van der Waals surface area contributed by atoms with E-state index >= 15 is 0 Å². The molecule has 0 saturated carbocycles. The summed E-state index contributed by atoms with van der Waals surface area (Å²) in [6.07, 6.45) is 2.83. The Labute approximate surface area is 131 Å². The van der Waals surface area contributed by atoms with E-state index in [0.717, 1.165) is 19.5 Å². The minimum atomic E-state index is -0.663. The summed E-state index contributed by atoms with van der Waals surface area (Å²) >= 11 is 0. The molecule has 0 N–H and O–H groups in total. The standard InChI is InChI=1S/C18H35FN2/c1-17(2,3)15-9-11-20(13-16(15)19)14-8-7-10-21(12-14)18(4,5)6/h14-16H,7-13H2,1-6H3/t14?,15-,16+/m1/s1. The summed E-state index contributed by atoms with van der Waals surface area (Å²) < 4.78 is 14.6. The Kier molecular flexibility index (Phi) is 5.04. The predicted octanol–water partition coefficient (Wildman–Crippen LogP) is 3.96. The summed E-state index contributed by atoms with van der Waals surface area (Å²) in [5, 5.41) is 0. The van der Waals surface area contributed by atoms with Crippen LogP contribution >= 0.6 is 0 Å². The Bertz CT molecular complexity index is 342.